The number of hydrogen-bond donors (Lipinski definition) is 1. The molecule has 0 aliphatic carbocycles. The van der Waals surface area contributed by atoms with Gasteiger partial charge in [-0.15, -0.1) is 0 Å². The minimum atomic E-state index is -0.232. The van der Waals surface area contributed by atoms with Crippen LogP contribution < -0.4 is 5.32 Å². The van der Waals surface area contributed by atoms with Gasteiger partial charge in [-0.05, 0) is 30.5 Å². The summed E-state index contributed by atoms with van der Waals surface area (Å²) in [6.07, 6.45) is 3.05. The molecule has 0 spiro atoms. The van der Waals surface area contributed by atoms with Crippen LogP contribution in [-0.2, 0) is 17.8 Å². The highest BCUT2D eigenvalue weighted by atomic mass is 19.1. The first kappa shape index (κ1) is 17.2. The Morgan fingerprint density at radius 1 is 1.30 bits per heavy atom. The molecule has 0 aliphatic heterocycles. The van der Waals surface area contributed by atoms with E-state index in [9.17, 15) is 9.18 Å². The zero-order chi connectivity index (χ0) is 16.8. The summed E-state index contributed by atoms with van der Waals surface area (Å²) in [5.74, 6) is 1.13. The molecule has 2 rings (SSSR count). The molecule has 1 heterocycles. The Labute approximate surface area is 136 Å². The van der Waals surface area contributed by atoms with Crippen molar-refractivity contribution in [2.75, 3.05) is 6.54 Å². The number of carbonyl (C=O) groups is 1. The van der Waals surface area contributed by atoms with Crippen LogP contribution in [0.2, 0.25) is 0 Å². The van der Waals surface area contributed by atoms with Crippen LogP contribution in [0.3, 0.4) is 0 Å². The van der Waals surface area contributed by atoms with E-state index in [0.29, 0.717) is 31.8 Å². The largest absolute Gasteiger partial charge is 0.356 e. The van der Waals surface area contributed by atoms with Gasteiger partial charge < -0.3 is 9.88 Å². The first-order valence-electron chi connectivity index (χ1n) is 7.98. The van der Waals surface area contributed by atoms with Crippen LogP contribution in [-0.4, -0.2) is 22.0 Å². The smallest absolute Gasteiger partial charge is 0.220 e. The zero-order valence-corrected chi connectivity index (χ0v) is 14.0. The molecule has 0 atom stereocenters. The Bertz CT molecular complexity index is 647. The number of aryl methyl sites for hydroxylation is 1. The Morgan fingerprint density at radius 2 is 2.00 bits per heavy atom. The maximum Gasteiger partial charge on any atom is 0.220 e. The predicted octanol–water partition coefficient (Wildman–Crippen LogP) is 3.08. The quantitative estimate of drug-likeness (QED) is 0.853. The molecule has 2 aromatic rings. The van der Waals surface area contributed by atoms with Crippen molar-refractivity contribution in [1.29, 1.82) is 0 Å². The van der Waals surface area contributed by atoms with Gasteiger partial charge in [0.25, 0.3) is 0 Å². The summed E-state index contributed by atoms with van der Waals surface area (Å²) in [5.41, 5.74) is 2.08. The Balaban J connectivity index is 1.95. The van der Waals surface area contributed by atoms with E-state index in [-0.39, 0.29) is 11.7 Å². The SMILES string of the molecule is Cc1cnc(CCNC(=O)CC(C)C)n1Cc1ccc(F)cc1. The summed E-state index contributed by atoms with van der Waals surface area (Å²) in [6, 6.07) is 6.49. The van der Waals surface area contributed by atoms with E-state index in [1.807, 2.05) is 27.0 Å². The van der Waals surface area contributed by atoms with Crippen LogP contribution in [0.5, 0.6) is 0 Å². The molecule has 1 amide bonds. The molecule has 0 saturated heterocycles. The highest BCUT2D eigenvalue weighted by molar-refractivity contribution is 5.76. The van der Waals surface area contributed by atoms with Crippen molar-refractivity contribution in [1.82, 2.24) is 14.9 Å². The predicted molar refractivity (Wildman–Crippen MR) is 88.6 cm³/mol. The molecule has 4 nitrogen and oxygen atoms in total. The summed E-state index contributed by atoms with van der Waals surface area (Å²) >= 11 is 0. The zero-order valence-electron chi connectivity index (χ0n) is 14.0. The molecule has 0 unspecified atom stereocenters. The van der Waals surface area contributed by atoms with Crippen LogP contribution in [0, 0.1) is 18.7 Å². The lowest BCUT2D eigenvalue weighted by molar-refractivity contribution is -0.121. The molecule has 23 heavy (non-hydrogen) atoms. The molecule has 1 aromatic carbocycles. The van der Waals surface area contributed by atoms with Crippen LogP contribution in [0.4, 0.5) is 4.39 Å². The highest BCUT2D eigenvalue weighted by Crippen LogP contribution is 2.11. The maximum absolute atomic E-state index is 13.0. The van der Waals surface area contributed by atoms with Gasteiger partial charge in [0.1, 0.15) is 11.6 Å². The van der Waals surface area contributed by atoms with Crippen LogP contribution in [0.1, 0.15) is 37.4 Å². The number of benzene rings is 1. The Morgan fingerprint density at radius 3 is 2.65 bits per heavy atom. The number of halogens is 1. The second-order valence-electron chi connectivity index (χ2n) is 6.23. The van der Waals surface area contributed by atoms with E-state index in [1.165, 1.54) is 12.1 Å². The van der Waals surface area contributed by atoms with Gasteiger partial charge in [-0.2, -0.15) is 0 Å². The number of nitrogens with zero attached hydrogens (tertiary/aromatic N) is 2. The average Bonchev–Trinajstić information content (AvgIpc) is 2.82. The number of rotatable bonds is 7. The molecular formula is C18H24FN3O. The fourth-order valence-electron chi connectivity index (χ4n) is 2.46. The van der Waals surface area contributed by atoms with E-state index in [0.717, 1.165) is 17.1 Å². The van der Waals surface area contributed by atoms with Crippen LogP contribution in [0.15, 0.2) is 30.5 Å². The van der Waals surface area contributed by atoms with E-state index in [4.69, 9.17) is 0 Å². The average molecular weight is 317 g/mol. The highest BCUT2D eigenvalue weighted by Gasteiger charge is 2.09. The minimum Gasteiger partial charge on any atom is -0.356 e. The standard InChI is InChI=1S/C18H24FN3O/c1-13(2)10-18(23)20-9-8-17-21-11-14(3)22(17)12-15-4-6-16(19)7-5-15/h4-7,11,13H,8-10,12H2,1-3H3,(H,20,23). The Kier molecular flexibility index (Phi) is 5.90. The van der Waals surface area contributed by atoms with E-state index in [1.54, 1.807) is 12.1 Å². The van der Waals surface area contributed by atoms with Gasteiger partial charge in [0.15, 0.2) is 0 Å². The van der Waals surface area contributed by atoms with E-state index < -0.39 is 0 Å². The van der Waals surface area contributed by atoms with Crippen molar-refractivity contribution in [2.24, 2.45) is 5.92 Å². The van der Waals surface area contributed by atoms with Gasteiger partial charge in [0.05, 0.1) is 0 Å². The lowest BCUT2D eigenvalue weighted by Crippen LogP contribution is -2.27. The second-order valence-corrected chi connectivity index (χ2v) is 6.23. The van der Waals surface area contributed by atoms with Crippen molar-refractivity contribution in [3.8, 4) is 0 Å². The van der Waals surface area contributed by atoms with Gasteiger partial charge in [-0.1, -0.05) is 26.0 Å². The van der Waals surface area contributed by atoms with Gasteiger partial charge in [-0.3, -0.25) is 4.79 Å². The molecule has 0 bridgehead atoms. The topological polar surface area (TPSA) is 46.9 Å². The maximum atomic E-state index is 13.0. The van der Waals surface area contributed by atoms with Gasteiger partial charge in [0.2, 0.25) is 5.91 Å². The van der Waals surface area contributed by atoms with Crippen molar-refractivity contribution < 1.29 is 9.18 Å². The number of hydrogen-bond acceptors (Lipinski definition) is 2. The number of nitrogens with one attached hydrogen (secondary N) is 1. The number of carbonyl (C=O) groups excluding carboxylic acids is 1. The first-order valence-corrected chi connectivity index (χ1v) is 7.98. The van der Waals surface area contributed by atoms with Crippen LogP contribution >= 0.6 is 0 Å². The van der Waals surface area contributed by atoms with Crippen molar-refractivity contribution >= 4 is 5.91 Å². The molecule has 124 valence electrons. The second kappa shape index (κ2) is 7.90. The summed E-state index contributed by atoms with van der Waals surface area (Å²) in [5, 5.41) is 2.93. The first-order chi connectivity index (χ1) is 11.0. The van der Waals surface area contributed by atoms with Crippen LogP contribution in [0.25, 0.3) is 0 Å². The van der Waals surface area contributed by atoms with Crippen molar-refractivity contribution in [3.05, 3.63) is 53.4 Å². The fourth-order valence-corrected chi connectivity index (χ4v) is 2.46. The molecule has 1 N–H and O–H groups in total. The monoisotopic (exact) mass is 317 g/mol. The third kappa shape index (κ3) is 5.20. The summed E-state index contributed by atoms with van der Waals surface area (Å²) in [6.45, 7) is 7.28. The number of imidazole rings is 1. The third-order valence-corrected chi connectivity index (χ3v) is 3.66. The van der Waals surface area contributed by atoms with Crippen molar-refractivity contribution in [2.45, 2.75) is 40.2 Å². The normalized spacial score (nSPS) is 11.0. The summed E-state index contributed by atoms with van der Waals surface area (Å²) < 4.78 is 15.1. The molecule has 5 heteroatoms. The third-order valence-electron chi connectivity index (χ3n) is 3.66. The number of amides is 1. The lowest BCUT2D eigenvalue weighted by Gasteiger charge is -2.11. The van der Waals surface area contributed by atoms with Gasteiger partial charge in [0, 0.05) is 37.8 Å². The van der Waals surface area contributed by atoms with E-state index in [2.05, 4.69) is 14.9 Å². The molecule has 0 aliphatic rings. The fraction of sp³-hybridized carbons (Fsp3) is 0.444. The molecular weight excluding hydrogens is 293 g/mol. The molecule has 1 aromatic heterocycles. The van der Waals surface area contributed by atoms with Gasteiger partial charge in [-0.25, -0.2) is 9.37 Å². The number of aromatic nitrogens is 2. The molecule has 0 radical (unpaired) electrons. The minimum absolute atomic E-state index is 0.0772. The van der Waals surface area contributed by atoms with E-state index >= 15 is 0 Å². The molecule has 0 saturated carbocycles. The summed E-state index contributed by atoms with van der Waals surface area (Å²) in [4.78, 5) is 16.1. The van der Waals surface area contributed by atoms with Gasteiger partial charge >= 0.3 is 0 Å². The summed E-state index contributed by atoms with van der Waals surface area (Å²) in [7, 11) is 0. The lowest BCUT2D eigenvalue weighted by atomic mass is 10.1. The van der Waals surface area contributed by atoms with Crippen molar-refractivity contribution in [3.63, 3.8) is 0 Å². The Hall–Kier alpha value is -2.17. The molecule has 0 fully saturated rings.